The Morgan fingerprint density at radius 1 is 1.41 bits per heavy atom. The normalized spacial score (nSPS) is 17.3. The van der Waals surface area contributed by atoms with E-state index in [1.54, 1.807) is 6.07 Å². The van der Waals surface area contributed by atoms with Crippen LogP contribution in [0.15, 0.2) is 27.6 Å². The lowest BCUT2D eigenvalue weighted by atomic mass is 10.2. The Morgan fingerprint density at radius 3 is 2.76 bits per heavy atom. The van der Waals surface area contributed by atoms with Gasteiger partial charge < -0.3 is 4.74 Å². The van der Waals surface area contributed by atoms with Gasteiger partial charge in [-0.3, -0.25) is 4.79 Å². The number of hydrogen-bond acceptors (Lipinski definition) is 4. The molecule has 0 saturated carbocycles. The molecule has 92 valence electrons. The molecule has 0 spiro atoms. The van der Waals surface area contributed by atoms with Gasteiger partial charge in [-0.25, -0.2) is 12.7 Å². The van der Waals surface area contributed by atoms with E-state index in [1.165, 1.54) is 19.2 Å². The van der Waals surface area contributed by atoms with Gasteiger partial charge in [-0.15, -0.1) is 0 Å². The van der Waals surface area contributed by atoms with E-state index in [0.29, 0.717) is 4.47 Å². The van der Waals surface area contributed by atoms with Crippen LogP contribution in [0.4, 0.5) is 0 Å². The molecule has 0 fully saturated rings. The molecule has 1 aliphatic rings. The molecule has 1 aromatic carbocycles. The summed E-state index contributed by atoms with van der Waals surface area (Å²) >= 11 is 3.19. The lowest BCUT2D eigenvalue weighted by molar-refractivity contribution is 0.0837. The van der Waals surface area contributed by atoms with E-state index in [0.717, 1.165) is 4.31 Å². The summed E-state index contributed by atoms with van der Waals surface area (Å²) in [4.78, 5) is 12.0. The quantitative estimate of drug-likeness (QED) is 0.841. The Bertz CT molecular complexity index is 570. The SMILES string of the molecule is COCCN1C(=O)c2ccc(Br)cc2S1(=O)=O. The maximum Gasteiger partial charge on any atom is 0.269 e. The zero-order valence-electron chi connectivity index (χ0n) is 9.01. The van der Waals surface area contributed by atoms with Gasteiger partial charge in [0.15, 0.2) is 0 Å². The molecule has 0 radical (unpaired) electrons. The number of hydrogen-bond donors (Lipinski definition) is 0. The number of amides is 1. The molecule has 5 nitrogen and oxygen atoms in total. The van der Waals surface area contributed by atoms with Gasteiger partial charge in [-0.1, -0.05) is 15.9 Å². The smallest absolute Gasteiger partial charge is 0.269 e. The Labute approximate surface area is 108 Å². The molecule has 1 amide bonds. The third-order valence-corrected chi connectivity index (χ3v) is 4.78. The first-order chi connectivity index (χ1) is 7.98. The number of methoxy groups -OCH3 is 1. The molecule has 0 N–H and O–H groups in total. The van der Waals surface area contributed by atoms with Crippen molar-refractivity contribution in [2.45, 2.75) is 4.90 Å². The van der Waals surface area contributed by atoms with Gasteiger partial charge in [0.05, 0.1) is 18.7 Å². The first-order valence-electron chi connectivity index (χ1n) is 4.84. The lowest BCUT2D eigenvalue weighted by Crippen LogP contribution is -2.32. The summed E-state index contributed by atoms with van der Waals surface area (Å²) in [5.41, 5.74) is 0.212. The second kappa shape index (κ2) is 4.40. The Kier molecular flexibility index (Phi) is 3.24. The van der Waals surface area contributed by atoms with Crippen molar-refractivity contribution in [3.8, 4) is 0 Å². The summed E-state index contributed by atoms with van der Waals surface area (Å²) in [6.07, 6.45) is 0. The summed E-state index contributed by atoms with van der Waals surface area (Å²) in [7, 11) is -2.26. The number of sulfonamides is 1. The van der Waals surface area contributed by atoms with Crippen LogP contribution in [0.3, 0.4) is 0 Å². The van der Waals surface area contributed by atoms with E-state index in [1.807, 2.05) is 0 Å². The van der Waals surface area contributed by atoms with Gasteiger partial charge in [-0.05, 0) is 18.2 Å². The summed E-state index contributed by atoms with van der Waals surface area (Å²) < 4.78 is 30.4. The van der Waals surface area contributed by atoms with Crippen LogP contribution in [0.2, 0.25) is 0 Å². The van der Waals surface area contributed by atoms with Crippen LogP contribution < -0.4 is 0 Å². The number of carbonyl (C=O) groups excluding carboxylic acids is 1. The molecule has 2 rings (SSSR count). The van der Waals surface area contributed by atoms with Crippen molar-refractivity contribution in [1.29, 1.82) is 0 Å². The topological polar surface area (TPSA) is 63.7 Å². The molecular formula is C10H10BrNO4S. The van der Waals surface area contributed by atoms with Crippen molar-refractivity contribution in [1.82, 2.24) is 4.31 Å². The summed E-state index contributed by atoms with van der Waals surface area (Å²) in [5.74, 6) is -0.496. The molecule has 0 saturated heterocycles. The number of fused-ring (bicyclic) bond motifs is 1. The molecular weight excluding hydrogens is 310 g/mol. The fourth-order valence-electron chi connectivity index (χ4n) is 1.64. The van der Waals surface area contributed by atoms with Gasteiger partial charge in [0.1, 0.15) is 4.90 Å². The number of rotatable bonds is 3. The minimum atomic E-state index is -3.72. The van der Waals surface area contributed by atoms with Crippen LogP contribution >= 0.6 is 15.9 Å². The minimum absolute atomic E-state index is 0.0317. The van der Waals surface area contributed by atoms with Crippen molar-refractivity contribution >= 4 is 31.9 Å². The van der Waals surface area contributed by atoms with Crippen molar-refractivity contribution < 1.29 is 17.9 Å². The number of ether oxygens (including phenoxy) is 1. The molecule has 0 bridgehead atoms. The van der Waals surface area contributed by atoms with E-state index in [-0.39, 0.29) is 23.6 Å². The molecule has 0 atom stereocenters. The van der Waals surface area contributed by atoms with E-state index in [4.69, 9.17) is 4.74 Å². The summed E-state index contributed by atoms with van der Waals surface area (Å²) in [5, 5.41) is 0. The largest absolute Gasteiger partial charge is 0.383 e. The lowest BCUT2D eigenvalue weighted by Gasteiger charge is -2.13. The number of benzene rings is 1. The van der Waals surface area contributed by atoms with E-state index >= 15 is 0 Å². The van der Waals surface area contributed by atoms with E-state index in [2.05, 4.69) is 15.9 Å². The maximum atomic E-state index is 12.1. The van der Waals surface area contributed by atoms with Gasteiger partial charge in [0.25, 0.3) is 15.9 Å². The zero-order chi connectivity index (χ0) is 12.6. The highest BCUT2D eigenvalue weighted by Crippen LogP contribution is 2.31. The molecule has 7 heteroatoms. The first kappa shape index (κ1) is 12.5. The highest BCUT2D eigenvalue weighted by Gasteiger charge is 2.40. The van der Waals surface area contributed by atoms with Gasteiger partial charge in [0, 0.05) is 11.6 Å². The fourth-order valence-corrected chi connectivity index (χ4v) is 3.74. The molecule has 17 heavy (non-hydrogen) atoms. The van der Waals surface area contributed by atoms with Gasteiger partial charge in [-0.2, -0.15) is 0 Å². The number of carbonyl (C=O) groups is 1. The Hall–Kier alpha value is -0.920. The van der Waals surface area contributed by atoms with Crippen molar-refractivity contribution in [3.05, 3.63) is 28.2 Å². The van der Waals surface area contributed by atoms with E-state index < -0.39 is 15.9 Å². The molecule has 1 heterocycles. The fraction of sp³-hybridized carbons (Fsp3) is 0.300. The standard InChI is InChI=1S/C10H10BrNO4S/c1-16-5-4-12-10(13)8-3-2-7(11)6-9(8)17(12,14)15/h2-3,6H,4-5H2,1H3. The van der Waals surface area contributed by atoms with Gasteiger partial charge in [0.2, 0.25) is 0 Å². The van der Waals surface area contributed by atoms with Crippen LogP contribution in [0.1, 0.15) is 10.4 Å². The predicted molar refractivity (Wildman–Crippen MR) is 64.2 cm³/mol. The Morgan fingerprint density at radius 2 is 2.12 bits per heavy atom. The predicted octanol–water partition coefficient (Wildman–Crippen LogP) is 1.24. The zero-order valence-corrected chi connectivity index (χ0v) is 11.4. The van der Waals surface area contributed by atoms with Crippen LogP contribution in [-0.2, 0) is 14.8 Å². The van der Waals surface area contributed by atoms with Crippen LogP contribution in [-0.4, -0.2) is 38.9 Å². The Balaban J connectivity index is 2.49. The monoisotopic (exact) mass is 319 g/mol. The molecule has 0 aromatic heterocycles. The van der Waals surface area contributed by atoms with E-state index in [9.17, 15) is 13.2 Å². The van der Waals surface area contributed by atoms with Gasteiger partial charge >= 0.3 is 0 Å². The highest BCUT2D eigenvalue weighted by molar-refractivity contribution is 9.10. The second-order valence-electron chi connectivity index (χ2n) is 3.52. The average Bonchev–Trinajstić information content (AvgIpc) is 2.45. The molecule has 0 aliphatic carbocycles. The third kappa shape index (κ3) is 1.98. The number of nitrogens with zero attached hydrogens (tertiary/aromatic N) is 1. The minimum Gasteiger partial charge on any atom is -0.383 e. The first-order valence-corrected chi connectivity index (χ1v) is 7.07. The third-order valence-electron chi connectivity index (χ3n) is 2.47. The maximum absolute atomic E-state index is 12.1. The van der Waals surface area contributed by atoms with Crippen LogP contribution in [0.5, 0.6) is 0 Å². The van der Waals surface area contributed by atoms with Crippen LogP contribution in [0, 0.1) is 0 Å². The van der Waals surface area contributed by atoms with Crippen molar-refractivity contribution in [2.75, 3.05) is 20.3 Å². The molecule has 1 aromatic rings. The molecule has 1 aliphatic heterocycles. The van der Waals surface area contributed by atoms with Crippen molar-refractivity contribution in [3.63, 3.8) is 0 Å². The highest BCUT2D eigenvalue weighted by atomic mass is 79.9. The summed E-state index contributed by atoms with van der Waals surface area (Å²) in [6, 6.07) is 4.59. The van der Waals surface area contributed by atoms with Crippen LogP contribution in [0.25, 0.3) is 0 Å². The number of halogens is 1. The molecule has 0 unspecified atom stereocenters. The summed E-state index contributed by atoms with van der Waals surface area (Å²) in [6.45, 7) is 0.212. The average molecular weight is 320 g/mol. The van der Waals surface area contributed by atoms with Crippen molar-refractivity contribution in [2.24, 2.45) is 0 Å². The second-order valence-corrected chi connectivity index (χ2v) is 6.26.